The summed E-state index contributed by atoms with van der Waals surface area (Å²) in [4.78, 5) is 15.2. The van der Waals surface area contributed by atoms with E-state index in [1.165, 1.54) is 11.5 Å². The number of benzene rings is 1. The summed E-state index contributed by atoms with van der Waals surface area (Å²) < 4.78 is 4.22. The summed E-state index contributed by atoms with van der Waals surface area (Å²) in [7, 11) is 0. The van der Waals surface area contributed by atoms with E-state index < -0.39 is 0 Å². The van der Waals surface area contributed by atoms with Crippen molar-refractivity contribution in [1.29, 1.82) is 0 Å². The number of hydrogen-bond donors (Lipinski definition) is 2. The Morgan fingerprint density at radius 3 is 3.05 bits per heavy atom. The van der Waals surface area contributed by atoms with E-state index in [0.717, 1.165) is 28.6 Å². The standard InChI is InChI=1S/C15H14ClN3OS/c1-2-11-14(16)15(21-19-11)18-13(20)8-9-3-4-12-10(7-9)5-6-17-12/h3-7,17H,2,8H2,1H3,(H,18,20). The van der Waals surface area contributed by atoms with E-state index in [2.05, 4.69) is 14.7 Å². The molecule has 0 aliphatic rings. The van der Waals surface area contributed by atoms with Crippen molar-refractivity contribution in [3.63, 3.8) is 0 Å². The predicted octanol–water partition coefficient (Wildman–Crippen LogP) is 4.02. The van der Waals surface area contributed by atoms with Crippen molar-refractivity contribution in [2.75, 3.05) is 5.32 Å². The van der Waals surface area contributed by atoms with Gasteiger partial charge in [-0.15, -0.1) is 0 Å². The summed E-state index contributed by atoms with van der Waals surface area (Å²) in [6.07, 6.45) is 2.96. The largest absolute Gasteiger partial charge is 0.361 e. The maximum atomic E-state index is 12.1. The van der Waals surface area contributed by atoms with Crippen LogP contribution in [0.2, 0.25) is 5.02 Å². The molecular weight excluding hydrogens is 306 g/mol. The number of anilines is 1. The molecule has 0 saturated heterocycles. The van der Waals surface area contributed by atoms with Gasteiger partial charge in [-0.05, 0) is 47.1 Å². The number of aromatic amines is 1. The zero-order valence-electron chi connectivity index (χ0n) is 11.4. The van der Waals surface area contributed by atoms with Crippen molar-refractivity contribution < 1.29 is 4.79 Å². The lowest BCUT2D eigenvalue weighted by molar-refractivity contribution is -0.115. The summed E-state index contributed by atoms with van der Waals surface area (Å²) in [5, 5.41) is 5.11. The quantitative estimate of drug-likeness (QED) is 0.763. The van der Waals surface area contributed by atoms with E-state index in [-0.39, 0.29) is 5.91 Å². The number of nitrogens with zero attached hydrogens (tertiary/aromatic N) is 1. The summed E-state index contributed by atoms with van der Waals surface area (Å²) in [5.74, 6) is -0.0851. The summed E-state index contributed by atoms with van der Waals surface area (Å²) in [6, 6.07) is 7.93. The average molecular weight is 320 g/mol. The van der Waals surface area contributed by atoms with E-state index in [0.29, 0.717) is 16.4 Å². The van der Waals surface area contributed by atoms with Crippen molar-refractivity contribution >= 4 is 44.9 Å². The molecule has 1 aromatic carbocycles. The van der Waals surface area contributed by atoms with Crippen LogP contribution in [0.25, 0.3) is 10.9 Å². The third-order valence-electron chi connectivity index (χ3n) is 3.27. The Labute approximate surface area is 131 Å². The highest BCUT2D eigenvalue weighted by atomic mass is 35.5. The van der Waals surface area contributed by atoms with E-state index in [1.807, 2.05) is 37.4 Å². The monoisotopic (exact) mass is 319 g/mol. The fourth-order valence-electron chi connectivity index (χ4n) is 2.18. The Balaban J connectivity index is 1.72. The Bertz CT molecular complexity index is 793. The number of halogens is 1. The number of fused-ring (bicyclic) bond motifs is 1. The van der Waals surface area contributed by atoms with Crippen LogP contribution >= 0.6 is 23.1 Å². The van der Waals surface area contributed by atoms with Crippen LogP contribution in [0.4, 0.5) is 5.00 Å². The molecule has 0 unspecified atom stereocenters. The van der Waals surface area contributed by atoms with Crippen LogP contribution in [0.1, 0.15) is 18.2 Å². The molecule has 0 saturated carbocycles. The molecule has 21 heavy (non-hydrogen) atoms. The van der Waals surface area contributed by atoms with Crippen LogP contribution in [-0.2, 0) is 17.6 Å². The van der Waals surface area contributed by atoms with E-state index >= 15 is 0 Å². The Kier molecular flexibility index (Phi) is 3.94. The van der Waals surface area contributed by atoms with Crippen LogP contribution in [0, 0.1) is 0 Å². The molecule has 4 nitrogen and oxygen atoms in total. The molecule has 3 rings (SSSR count). The molecule has 0 atom stereocenters. The third-order valence-corrected chi connectivity index (χ3v) is 4.59. The molecule has 0 bridgehead atoms. The normalized spacial score (nSPS) is 11.0. The van der Waals surface area contributed by atoms with Gasteiger partial charge in [0.05, 0.1) is 17.1 Å². The molecule has 2 aromatic heterocycles. The molecule has 0 spiro atoms. The van der Waals surface area contributed by atoms with E-state index in [1.54, 1.807) is 0 Å². The van der Waals surface area contributed by atoms with Crippen molar-refractivity contribution in [2.45, 2.75) is 19.8 Å². The van der Waals surface area contributed by atoms with Gasteiger partial charge in [0.15, 0.2) is 0 Å². The van der Waals surface area contributed by atoms with Crippen molar-refractivity contribution in [1.82, 2.24) is 9.36 Å². The van der Waals surface area contributed by atoms with Crippen molar-refractivity contribution in [3.8, 4) is 0 Å². The molecule has 1 amide bonds. The maximum Gasteiger partial charge on any atom is 0.229 e. The van der Waals surface area contributed by atoms with Gasteiger partial charge >= 0.3 is 0 Å². The summed E-state index contributed by atoms with van der Waals surface area (Å²) >= 11 is 7.39. The first-order valence-electron chi connectivity index (χ1n) is 6.67. The van der Waals surface area contributed by atoms with Crippen LogP contribution in [0.15, 0.2) is 30.5 Å². The highest BCUT2D eigenvalue weighted by Gasteiger charge is 2.13. The molecule has 0 fully saturated rings. The molecule has 0 radical (unpaired) electrons. The van der Waals surface area contributed by atoms with E-state index in [4.69, 9.17) is 11.6 Å². The molecule has 0 aliphatic heterocycles. The van der Waals surface area contributed by atoms with Crippen molar-refractivity contribution in [3.05, 3.63) is 46.7 Å². The highest BCUT2D eigenvalue weighted by molar-refractivity contribution is 7.11. The number of aromatic nitrogens is 2. The molecule has 2 N–H and O–H groups in total. The van der Waals surface area contributed by atoms with Gasteiger partial charge in [0, 0.05) is 11.7 Å². The van der Waals surface area contributed by atoms with Crippen LogP contribution in [0.3, 0.4) is 0 Å². The number of H-pyrrole nitrogens is 1. The van der Waals surface area contributed by atoms with Gasteiger partial charge in [0.1, 0.15) is 5.00 Å². The first kappa shape index (κ1) is 14.1. The predicted molar refractivity (Wildman–Crippen MR) is 87.1 cm³/mol. The van der Waals surface area contributed by atoms with Gasteiger partial charge in [-0.2, -0.15) is 4.37 Å². The van der Waals surface area contributed by atoms with Gasteiger partial charge in [-0.3, -0.25) is 4.79 Å². The molecule has 2 heterocycles. The number of nitrogens with one attached hydrogen (secondary N) is 2. The number of rotatable bonds is 4. The van der Waals surface area contributed by atoms with Gasteiger partial charge < -0.3 is 10.3 Å². The molecule has 3 aromatic rings. The number of carbonyl (C=O) groups is 1. The lowest BCUT2D eigenvalue weighted by Crippen LogP contribution is -2.13. The zero-order valence-corrected chi connectivity index (χ0v) is 13.0. The topological polar surface area (TPSA) is 57.8 Å². The maximum absolute atomic E-state index is 12.1. The lowest BCUT2D eigenvalue weighted by atomic mass is 10.1. The van der Waals surface area contributed by atoms with Gasteiger partial charge in [0.2, 0.25) is 5.91 Å². The first-order chi connectivity index (χ1) is 10.2. The summed E-state index contributed by atoms with van der Waals surface area (Å²) in [6.45, 7) is 1.98. The Morgan fingerprint density at radius 2 is 2.29 bits per heavy atom. The lowest BCUT2D eigenvalue weighted by Gasteiger charge is -2.04. The fraction of sp³-hybridized carbons (Fsp3) is 0.200. The number of aryl methyl sites for hydroxylation is 1. The summed E-state index contributed by atoms with van der Waals surface area (Å²) in [5.41, 5.74) is 2.86. The van der Waals surface area contributed by atoms with Gasteiger partial charge in [-0.1, -0.05) is 24.6 Å². The second-order valence-electron chi connectivity index (χ2n) is 4.75. The van der Waals surface area contributed by atoms with Crippen LogP contribution in [0.5, 0.6) is 0 Å². The molecular formula is C15H14ClN3OS. The minimum atomic E-state index is -0.0851. The fourth-order valence-corrected chi connectivity index (χ4v) is 3.33. The van der Waals surface area contributed by atoms with Gasteiger partial charge in [-0.25, -0.2) is 0 Å². The van der Waals surface area contributed by atoms with Crippen LogP contribution < -0.4 is 5.32 Å². The average Bonchev–Trinajstić information content (AvgIpc) is 3.06. The number of amides is 1. The highest BCUT2D eigenvalue weighted by Crippen LogP contribution is 2.30. The first-order valence-corrected chi connectivity index (χ1v) is 7.82. The third kappa shape index (κ3) is 2.94. The zero-order chi connectivity index (χ0) is 14.8. The Hall–Kier alpha value is -1.85. The number of hydrogen-bond acceptors (Lipinski definition) is 3. The van der Waals surface area contributed by atoms with Gasteiger partial charge in [0.25, 0.3) is 0 Å². The minimum absolute atomic E-state index is 0.0851. The smallest absolute Gasteiger partial charge is 0.229 e. The van der Waals surface area contributed by atoms with E-state index in [9.17, 15) is 4.79 Å². The number of carbonyl (C=O) groups excluding carboxylic acids is 1. The SMILES string of the molecule is CCc1nsc(NC(=O)Cc2ccc3[nH]ccc3c2)c1Cl. The molecule has 108 valence electrons. The second-order valence-corrected chi connectivity index (χ2v) is 5.90. The second kappa shape index (κ2) is 5.87. The molecule has 6 heteroatoms. The Morgan fingerprint density at radius 1 is 1.43 bits per heavy atom. The van der Waals surface area contributed by atoms with Crippen LogP contribution in [-0.4, -0.2) is 15.3 Å². The molecule has 0 aliphatic carbocycles. The van der Waals surface area contributed by atoms with Crippen molar-refractivity contribution in [2.24, 2.45) is 0 Å². The minimum Gasteiger partial charge on any atom is -0.361 e.